The highest BCUT2D eigenvalue weighted by molar-refractivity contribution is 9.10. The van der Waals surface area contributed by atoms with Crippen molar-refractivity contribution in [3.63, 3.8) is 0 Å². The van der Waals surface area contributed by atoms with E-state index in [1.807, 2.05) is 61.0 Å². The van der Waals surface area contributed by atoms with Crippen LogP contribution in [0.4, 0.5) is 5.69 Å². The molecule has 1 aromatic carbocycles. The Morgan fingerprint density at radius 2 is 2.05 bits per heavy atom. The summed E-state index contributed by atoms with van der Waals surface area (Å²) in [5.41, 5.74) is 3.08. The lowest BCUT2D eigenvalue weighted by Crippen LogP contribution is -2.43. The summed E-state index contributed by atoms with van der Waals surface area (Å²) in [7, 11) is 0. The van der Waals surface area contributed by atoms with Crippen LogP contribution in [0.3, 0.4) is 0 Å². The van der Waals surface area contributed by atoms with Crippen molar-refractivity contribution in [1.82, 2.24) is 0 Å². The van der Waals surface area contributed by atoms with E-state index in [2.05, 4.69) is 21.2 Å². The number of halogens is 1. The second kappa shape index (κ2) is 5.97. The zero-order chi connectivity index (χ0) is 13.8. The van der Waals surface area contributed by atoms with Crippen LogP contribution in [0.1, 0.15) is 11.3 Å². The predicted octanol–water partition coefficient (Wildman–Crippen LogP) is 2.99. The third kappa shape index (κ3) is 3.64. The van der Waals surface area contributed by atoms with Gasteiger partial charge in [-0.05, 0) is 31.2 Å². The van der Waals surface area contributed by atoms with Crippen LogP contribution in [-0.2, 0) is 11.3 Å². The highest BCUT2D eigenvalue weighted by atomic mass is 79.9. The molecule has 98 valence electrons. The van der Waals surface area contributed by atoms with E-state index >= 15 is 0 Å². The minimum absolute atomic E-state index is 0.0307. The number of rotatable bonds is 3. The van der Waals surface area contributed by atoms with Gasteiger partial charge in [0.2, 0.25) is 6.54 Å². The van der Waals surface area contributed by atoms with Crippen LogP contribution in [0, 0.1) is 13.8 Å². The van der Waals surface area contributed by atoms with Crippen LogP contribution >= 0.6 is 15.9 Å². The minimum Gasteiger partial charge on any atom is -0.321 e. The number of nitrogens with zero attached hydrogens (tertiary/aromatic N) is 1. The van der Waals surface area contributed by atoms with Gasteiger partial charge < -0.3 is 5.32 Å². The lowest BCUT2D eigenvalue weighted by molar-refractivity contribution is -0.690. The smallest absolute Gasteiger partial charge is 0.290 e. The number of aromatic nitrogens is 1. The van der Waals surface area contributed by atoms with Gasteiger partial charge in [-0.3, -0.25) is 4.79 Å². The van der Waals surface area contributed by atoms with Crippen LogP contribution in [0.15, 0.2) is 47.1 Å². The van der Waals surface area contributed by atoms with E-state index in [0.29, 0.717) is 6.54 Å². The first-order valence-corrected chi connectivity index (χ1v) is 6.86. The molecule has 2 rings (SSSR count). The lowest BCUT2D eigenvalue weighted by Gasteiger charge is -2.05. The number of nitrogens with one attached hydrogen (secondary N) is 1. The summed E-state index contributed by atoms with van der Waals surface area (Å²) in [5, 5.41) is 2.89. The molecule has 1 N–H and O–H groups in total. The van der Waals surface area contributed by atoms with Crippen molar-refractivity contribution in [3.05, 3.63) is 58.3 Å². The van der Waals surface area contributed by atoms with Crippen molar-refractivity contribution in [2.24, 2.45) is 0 Å². The number of anilines is 1. The van der Waals surface area contributed by atoms with Crippen molar-refractivity contribution in [1.29, 1.82) is 0 Å². The Hall–Kier alpha value is -1.68. The van der Waals surface area contributed by atoms with E-state index in [0.717, 1.165) is 15.9 Å². The first kappa shape index (κ1) is 13.7. The maximum absolute atomic E-state index is 12.0. The van der Waals surface area contributed by atoms with Crippen molar-refractivity contribution in [3.8, 4) is 0 Å². The maximum atomic E-state index is 12.0. The van der Waals surface area contributed by atoms with Crippen LogP contribution in [0.5, 0.6) is 0 Å². The molecule has 0 aliphatic carbocycles. The van der Waals surface area contributed by atoms with Crippen molar-refractivity contribution in [2.45, 2.75) is 20.4 Å². The first-order chi connectivity index (χ1) is 9.06. The molecular weight excluding hydrogens is 304 g/mol. The van der Waals surface area contributed by atoms with Crippen molar-refractivity contribution in [2.75, 3.05) is 5.32 Å². The van der Waals surface area contributed by atoms with Crippen molar-refractivity contribution < 1.29 is 9.36 Å². The van der Waals surface area contributed by atoms with Gasteiger partial charge in [-0.1, -0.05) is 22.0 Å². The van der Waals surface area contributed by atoms with E-state index in [-0.39, 0.29) is 5.91 Å². The molecule has 0 saturated carbocycles. The Balaban J connectivity index is 2.08. The van der Waals surface area contributed by atoms with Crippen LogP contribution in [0.25, 0.3) is 0 Å². The molecule has 1 aromatic heterocycles. The number of pyridine rings is 1. The molecule has 0 fully saturated rings. The Labute approximate surface area is 121 Å². The summed E-state index contributed by atoms with van der Waals surface area (Å²) in [6.07, 6.45) is 1.92. The zero-order valence-electron chi connectivity index (χ0n) is 11.0. The molecule has 2 aromatic rings. The van der Waals surface area contributed by atoms with E-state index in [1.165, 1.54) is 5.56 Å². The molecule has 0 unspecified atom stereocenters. The third-order valence-corrected chi connectivity index (χ3v) is 3.53. The van der Waals surface area contributed by atoms with Gasteiger partial charge in [0.1, 0.15) is 0 Å². The maximum Gasteiger partial charge on any atom is 0.290 e. The van der Waals surface area contributed by atoms with Gasteiger partial charge in [0.05, 0.1) is 0 Å². The fourth-order valence-electron chi connectivity index (χ4n) is 1.84. The molecule has 0 atom stereocenters. The fourth-order valence-corrected chi connectivity index (χ4v) is 2.24. The van der Waals surface area contributed by atoms with E-state index in [4.69, 9.17) is 0 Å². The molecule has 1 amide bonds. The van der Waals surface area contributed by atoms with Crippen molar-refractivity contribution >= 4 is 27.5 Å². The summed E-state index contributed by atoms with van der Waals surface area (Å²) >= 11 is 3.38. The molecule has 19 heavy (non-hydrogen) atoms. The van der Waals surface area contributed by atoms with Gasteiger partial charge in [0.25, 0.3) is 5.91 Å². The monoisotopic (exact) mass is 319 g/mol. The summed E-state index contributed by atoms with van der Waals surface area (Å²) in [5.74, 6) is -0.0307. The Morgan fingerprint density at radius 1 is 1.26 bits per heavy atom. The Kier molecular flexibility index (Phi) is 4.32. The summed E-state index contributed by atoms with van der Waals surface area (Å²) < 4.78 is 2.90. The average molecular weight is 320 g/mol. The molecule has 0 saturated heterocycles. The molecular formula is C15H16BrN2O+. The molecule has 0 aliphatic rings. The van der Waals surface area contributed by atoms with Crippen LogP contribution < -0.4 is 9.88 Å². The third-order valence-electron chi connectivity index (χ3n) is 3.04. The number of benzene rings is 1. The average Bonchev–Trinajstić information content (AvgIpc) is 2.35. The van der Waals surface area contributed by atoms with Gasteiger partial charge in [-0.15, -0.1) is 0 Å². The quantitative estimate of drug-likeness (QED) is 0.867. The number of aryl methyl sites for hydroxylation is 1. The fraction of sp³-hybridized carbons (Fsp3) is 0.200. The molecule has 0 radical (unpaired) electrons. The number of hydrogen-bond donors (Lipinski definition) is 1. The van der Waals surface area contributed by atoms with Gasteiger partial charge in [0.15, 0.2) is 11.9 Å². The van der Waals surface area contributed by atoms with Crippen LogP contribution in [0.2, 0.25) is 0 Å². The lowest BCUT2D eigenvalue weighted by atomic mass is 10.2. The van der Waals surface area contributed by atoms with Crippen LogP contribution in [-0.4, -0.2) is 5.91 Å². The Morgan fingerprint density at radius 3 is 2.79 bits per heavy atom. The molecule has 4 heteroatoms. The molecule has 0 aliphatic heterocycles. The van der Waals surface area contributed by atoms with Gasteiger partial charge >= 0.3 is 0 Å². The molecule has 0 bridgehead atoms. The second-order valence-electron chi connectivity index (χ2n) is 4.46. The normalized spacial score (nSPS) is 10.3. The number of carbonyl (C=O) groups is 1. The topological polar surface area (TPSA) is 33.0 Å². The van der Waals surface area contributed by atoms with E-state index in [9.17, 15) is 4.79 Å². The van der Waals surface area contributed by atoms with E-state index in [1.54, 1.807) is 0 Å². The highest BCUT2D eigenvalue weighted by Crippen LogP contribution is 2.15. The van der Waals surface area contributed by atoms with Gasteiger partial charge in [-0.2, -0.15) is 4.57 Å². The first-order valence-electron chi connectivity index (χ1n) is 6.07. The summed E-state index contributed by atoms with van der Waals surface area (Å²) in [6.45, 7) is 4.37. The van der Waals surface area contributed by atoms with Gasteiger partial charge in [-0.25, -0.2) is 0 Å². The number of hydrogen-bond acceptors (Lipinski definition) is 1. The highest BCUT2D eigenvalue weighted by Gasteiger charge is 2.13. The predicted molar refractivity (Wildman–Crippen MR) is 78.9 cm³/mol. The largest absolute Gasteiger partial charge is 0.321 e. The zero-order valence-corrected chi connectivity index (χ0v) is 12.6. The van der Waals surface area contributed by atoms with E-state index < -0.39 is 0 Å². The number of amides is 1. The molecule has 0 spiro atoms. The summed E-state index contributed by atoms with van der Waals surface area (Å²) in [6, 6.07) is 11.6. The van der Waals surface area contributed by atoms with Gasteiger partial charge in [0, 0.05) is 28.7 Å². The number of carbonyl (C=O) groups excluding carboxylic acids is 1. The Bertz CT molecular complexity index is 611. The standard InChI is InChI=1S/C15H15BrN2O/c1-11-5-4-8-18(12(11)2)10-15(19)17-14-7-3-6-13(16)9-14/h3-9H,10H2,1-2H3/p+1. The minimum atomic E-state index is -0.0307. The SMILES string of the molecule is Cc1ccc[n+](CC(=O)Nc2cccc(Br)c2)c1C. The second-order valence-corrected chi connectivity index (χ2v) is 5.38. The summed E-state index contributed by atoms with van der Waals surface area (Å²) in [4.78, 5) is 12.0. The molecule has 3 nitrogen and oxygen atoms in total. The molecule has 1 heterocycles.